The number of aryl methyl sites for hydroxylation is 1. The van der Waals surface area contributed by atoms with E-state index in [1.807, 2.05) is 37.3 Å². The van der Waals surface area contributed by atoms with Gasteiger partial charge in [0.25, 0.3) is 17.7 Å². The van der Waals surface area contributed by atoms with Crippen LogP contribution in [0.1, 0.15) is 16.7 Å². The molecule has 1 saturated heterocycles. The molecule has 0 aliphatic carbocycles. The number of hydrogen-bond donors (Lipinski definition) is 2. The first-order chi connectivity index (χ1) is 17.9. The molecule has 0 saturated carbocycles. The summed E-state index contributed by atoms with van der Waals surface area (Å²) in [5.41, 5.74) is 6.15. The Labute approximate surface area is 215 Å². The van der Waals surface area contributed by atoms with Crippen LogP contribution in [0.25, 0.3) is 6.08 Å². The SMILES string of the molecule is C=CCc1cc(C=C2C(=O)NN(c3ccccc3)C2=O)cc(OC)c1OCC(=O)Nc1ccc(C)cc1. The number of anilines is 2. The van der Waals surface area contributed by atoms with Gasteiger partial charge in [0.05, 0.1) is 12.8 Å². The molecule has 0 spiro atoms. The van der Waals surface area contributed by atoms with Gasteiger partial charge in [0.15, 0.2) is 18.1 Å². The number of ether oxygens (including phenoxy) is 2. The molecule has 3 aromatic carbocycles. The van der Waals surface area contributed by atoms with E-state index in [1.54, 1.807) is 42.5 Å². The number of nitrogens with zero attached hydrogens (tertiary/aromatic N) is 1. The number of carbonyl (C=O) groups is 3. The Morgan fingerprint density at radius 3 is 2.49 bits per heavy atom. The second-order valence-electron chi connectivity index (χ2n) is 8.38. The van der Waals surface area contributed by atoms with Crippen LogP contribution in [0.4, 0.5) is 11.4 Å². The number of allylic oxidation sites excluding steroid dienone is 1. The van der Waals surface area contributed by atoms with Gasteiger partial charge < -0.3 is 14.8 Å². The molecular formula is C29H27N3O5. The third kappa shape index (κ3) is 5.87. The van der Waals surface area contributed by atoms with E-state index < -0.39 is 11.8 Å². The molecule has 4 rings (SSSR count). The first-order valence-electron chi connectivity index (χ1n) is 11.6. The van der Waals surface area contributed by atoms with Crippen LogP contribution in [0, 0.1) is 6.92 Å². The van der Waals surface area contributed by atoms with Gasteiger partial charge in [-0.3, -0.25) is 19.8 Å². The normalized spacial score (nSPS) is 13.9. The van der Waals surface area contributed by atoms with Gasteiger partial charge in [0.1, 0.15) is 5.57 Å². The van der Waals surface area contributed by atoms with Crippen LogP contribution >= 0.6 is 0 Å². The van der Waals surface area contributed by atoms with Crippen molar-refractivity contribution in [1.82, 2.24) is 5.43 Å². The Kier molecular flexibility index (Phi) is 7.68. The fraction of sp³-hybridized carbons (Fsp3) is 0.138. The predicted octanol–water partition coefficient (Wildman–Crippen LogP) is 4.21. The molecule has 0 bridgehead atoms. The van der Waals surface area contributed by atoms with Crippen molar-refractivity contribution in [3.8, 4) is 11.5 Å². The minimum Gasteiger partial charge on any atom is -0.493 e. The highest BCUT2D eigenvalue weighted by molar-refractivity contribution is 6.31. The molecule has 0 radical (unpaired) electrons. The number of methoxy groups -OCH3 is 1. The highest BCUT2D eigenvalue weighted by atomic mass is 16.5. The Balaban J connectivity index is 1.56. The van der Waals surface area contributed by atoms with E-state index in [2.05, 4.69) is 17.3 Å². The zero-order valence-electron chi connectivity index (χ0n) is 20.6. The highest BCUT2D eigenvalue weighted by Crippen LogP contribution is 2.35. The molecule has 1 aliphatic heterocycles. The maximum Gasteiger partial charge on any atom is 0.282 e. The molecule has 1 aliphatic rings. The number of benzene rings is 3. The summed E-state index contributed by atoms with van der Waals surface area (Å²) in [7, 11) is 1.48. The molecular weight excluding hydrogens is 470 g/mol. The van der Waals surface area contributed by atoms with Gasteiger partial charge in [-0.05, 0) is 61.4 Å². The van der Waals surface area contributed by atoms with E-state index in [9.17, 15) is 14.4 Å². The van der Waals surface area contributed by atoms with Gasteiger partial charge in [-0.15, -0.1) is 6.58 Å². The summed E-state index contributed by atoms with van der Waals surface area (Å²) in [6, 6.07) is 19.7. The Hall–Kier alpha value is -4.85. The number of hydrazine groups is 1. The van der Waals surface area contributed by atoms with Crippen molar-refractivity contribution in [2.75, 3.05) is 24.0 Å². The number of amides is 3. The first kappa shape index (κ1) is 25.2. The number of carbonyl (C=O) groups excluding carboxylic acids is 3. The summed E-state index contributed by atoms with van der Waals surface area (Å²) in [6.45, 7) is 5.53. The van der Waals surface area contributed by atoms with Crippen LogP contribution in [0.15, 0.2) is 85.0 Å². The van der Waals surface area contributed by atoms with Gasteiger partial charge in [0.2, 0.25) is 0 Å². The molecule has 37 heavy (non-hydrogen) atoms. The summed E-state index contributed by atoms with van der Waals surface area (Å²) in [5.74, 6) is -0.549. The first-order valence-corrected chi connectivity index (χ1v) is 11.6. The largest absolute Gasteiger partial charge is 0.493 e. The number of hydrogen-bond acceptors (Lipinski definition) is 5. The van der Waals surface area contributed by atoms with Crippen molar-refractivity contribution < 1.29 is 23.9 Å². The van der Waals surface area contributed by atoms with Gasteiger partial charge >= 0.3 is 0 Å². The van der Waals surface area contributed by atoms with Gasteiger partial charge in [-0.1, -0.05) is 42.0 Å². The van der Waals surface area contributed by atoms with Crippen molar-refractivity contribution in [1.29, 1.82) is 0 Å². The second kappa shape index (κ2) is 11.3. The van der Waals surface area contributed by atoms with Crippen molar-refractivity contribution in [2.24, 2.45) is 0 Å². The van der Waals surface area contributed by atoms with Gasteiger partial charge in [0, 0.05) is 11.3 Å². The molecule has 3 aromatic rings. The smallest absolute Gasteiger partial charge is 0.282 e. The topological polar surface area (TPSA) is 97.0 Å². The predicted molar refractivity (Wildman–Crippen MR) is 142 cm³/mol. The van der Waals surface area contributed by atoms with Crippen LogP contribution in [-0.4, -0.2) is 31.4 Å². The molecule has 0 aromatic heterocycles. The number of nitrogens with one attached hydrogen (secondary N) is 2. The van der Waals surface area contributed by atoms with E-state index in [4.69, 9.17) is 9.47 Å². The summed E-state index contributed by atoms with van der Waals surface area (Å²) in [4.78, 5) is 38.0. The monoisotopic (exact) mass is 497 g/mol. The third-order valence-corrected chi connectivity index (χ3v) is 5.64. The van der Waals surface area contributed by atoms with Crippen LogP contribution < -0.4 is 25.2 Å². The van der Waals surface area contributed by atoms with Gasteiger partial charge in [-0.25, -0.2) is 5.01 Å². The number of para-hydroxylation sites is 1. The number of rotatable bonds is 9. The highest BCUT2D eigenvalue weighted by Gasteiger charge is 2.34. The average Bonchev–Trinajstić information content (AvgIpc) is 3.18. The lowest BCUT2D eigenvalue weighted by Gasteiger charge is -2.16. The second-order valence-corrected chi connectivity index (χ2v) is 8.38. The van der Waals surface area contributed by atoms with Crippen LogP contribution in [0.2, 0.25) is 0 Å². The molecule has 1 fully saturated rings. The summed E-state index contributed by atoms with van der Waals surface area (Å²) < 4.78 is 11.4. The molecule has 8 nitrogen and oxygen atoms in total. The molecule has 0 atom stereocenters. The minimum atomic E-state index is -0.508. The Bertz CT molecular complexity index is 1360. The lowest BCUT2D eigenvalue weighted by Crippen LogP contribution is -2.35. The molecule has 8 heteroatoms. The minimum absolute atomic E-state index is 0.0124. The summed E-state index contributed by atoms with van der Waals surface area (Å²) >= 11 is 0. The maximum atomic E-state index is 13.0. The van der Waals surface area contributed by atoms with Crippen LogP contribution in [-0.2, 0) is 20.8 Å². The Morgan fingerprint density at radius 1 is 1.08 bits per heavy atom. The summed E-state index contributed by atoms with van der Waals surface area (Å²) in [5, 5.41) is 4.00. The van der Waals surface area contributed by atoms with Crippen molar-refractivity contribution in [3.63, 3.8) is 0 Å². The average molecular weight is 498 g/mol. The van der Waals surface area contributed by atoms with Crippen molar-refractivity contribution in [3.05, 3.63) is 102 Å². The zero-order valence-corrected chi connectivity index (χ0v) is 20.6. The molecule has 188 valence electrons. The van der Waals surface area contributed by atoms with Gasteiger partial charge in [-0.2, -0.15) is 0 Å². The molecule has 2 N–H and O–H groups in total. The zero-order chi connectivity index (χ0) is 26.4. The van der Waals surface area contributed by atoms with E-state index in [0.29, 0.717) is 40.4 Å². The van der Waals surface area contributed by atoms with Crippen molar-refractivity contribution in [2.45, 2.75) is 13.3 Å². The summed E-state index contributed by atoms with van der Waals surface area (Å²) in [6.07, 6.45) is 3.61. The molecule has 0 unspecified atom stereocenters. The van der Waals surface area contributed by atoms with E-state index in [-0.39, 0.29) is 18.1 Å². The van der Waals surface area contributed by atoms with Crippen LogP contribution in [0.5, 0.6) is 11.5 Å². The molecule has 1 heterocycles. The lowest BCUT2D eigenvalue weighted by molar-refractivity contribution is -0.118. The van der Waals surface area contributed by atoms with E-state index in [0.717, 1.165) is 5.56 Å². The lowest BCUT2D eigenvalue weighted by atomic mass is 10.0. The Morgan fingerprint density at radius 2 is 1.81 bits per heavy atom. The quantitative estimate of drug-likeness (QED) is 0.262. The van der Waals surface area contributed by atoms with E-state index >= 15 is 0 Å². The van der Waals surface area contributed by atoms with E-state index in [1.165, 1.54) is 18.2 Å². The fourth-order valence-electron chi connectivity index (χ4n) is 3.84. The van der Waals surface area contributed by atoms with Crippen LogP contribution in [0.3, 0.4) is 0 Å². The van der Waals surface area contributed by atoms with Crippen molar-refractivity contribution >= 4 is 35.2 Å². The third-order valence-electron chi connectivity index (χ3n) is 5.64. The maximum absolute atomic E-state index is 13.0. The molecule has 3 amide bonds. The standard InChI is InChI=1S/C29H27N3O5/c1-4-8-21-15-20(16-24-28(34)31-32(29(24)35)23-9-6-5-7-10-23)17-25(36-3)27(21)37-18-26(33)30-22-13-11-19(2)12-14-22/h4-7,9-17H,1,8,18H2,2-3H3,(H,30,33)(H,31,34). The fourth-order valence-corrected chi connectivity index (χ4v) is 3.84.